The average molecular weight is 245 g/mol. The van der Waals surface area contributed by atoms with E-state index in [0.29, 0.717) is 13.2 Å². The van der Waals surface area contributed by atoms with Crippen LogP contribution in [-0.2, 0) is 0 Å². The molecule has 2 aromatic carbocycles. The first-order valence-corrected chi connectivity index (χ1v) is 5.93. The van der Waals surface area contributed by atoms with Crippen LogP contribution in [0.2, 0.25) is 0 Å². The van der Waals surface area contributed by atoms with Gasteiger partial charge in [-0.3, -0.25) is 0 Å². The Kier molecular flexibility index (Phi) is 4.18. The summed E-state index contributed by atoms with van der Waals surface area (Å²) in [6, 6.07) is 14.3. The molecule has 0 unspecified atom stereocenters. The second-order valence-electron chi connectivity index (χ2n) is 4.05. The van der Waals surface area contributed by atoms with E-state index in [1.807, 2.05) is 37.3 Å². The lowest BCUT2D eigenvalue weighted by molar-refractivity contribution is 0.333. The summed E-state index contributed by atoms with van der Waals surface area (Å²) in [5, 5.41) is 3.16. The summed E-state index contributed by atoms with van der Waals surface area (Å²) < 4.78 is 18.6. The molecule has 18 heavy (non-hydrogen) atoms. The van der Waals surface area contributed by atoms with Crippen molar-refractivity contribution in [1.82, 2.24) is 0 Å². The van der Waals surface area contributed by atoms with Gasteiger partial charge in [-0.2, -0.15) is 0 Å². The Balaban J connectivity index is 1.80. The maximum absolute atomic E-state index is 13.1. The van der Waals surface area contributed by atoms with E-state index in [-0.39, 0.29) is 5.82 Å². The summed E-state index contributed by atoms with van der Waals surface area (Å²) in [6.07, 6.45) is 0. The third kappa shape index (κ3) is 3.48. The number of para-hydroxylation sites is 1. The molecule has 2 nitrogen and oxygen atoms in total. The number of ether oxygens (including phenoxy) is 1. The highest BCUT2D eigenvalue weighted by atomic mass is 19.1. The molecule has 0 aliphatic rings. The van der Waals surface area contributed by atoms with E-state index in [2.05, 4.69) is 5.32 Å². The molecule has 1 N–H and O–H groups in total. The van der Waals surface area contributed by atoms with E-state index in [1.165, 1.54) is 12.1 Å². The highest BCUT2D eigenvalue weighted by molar-refractivity contribution is 5.50. The summed E-state index contributed by atoms with van der Waals surface area (Å²) in [4.78, 5) is 0. The molecule has 0 bridgehead atoms. The number of benzene rings is 2. The van der Waals surface area contributed by atoms with Crippen LogP contribution in [0, 0.1) is 12.7 Å². The number of aryl methyl sites for hydroxylation is 1. The van der Waals surface area contributed by atoms with Crippen molar-refractivity contribution in [3.8, 4) is 5.75 Å². The summed E-state index contributed by atoms with van der Waals surface area (Å²) in [5.41, 5.74) is 1.84. The maximum atomic E-state index is 13.1. The lowest BCUT2D eigenvalue weighted by Gasteiger charge is -2.10. The minimum Gasteiger partial charge on any atom is -0.492 e. The number of rotatable bonds is 5. The van der Waals surface area contributed by atoms with E-state index in [1.54, 1.807) is 6.07 Å². The Hall–Kier alpha value is -2.03. The van der Waals surface area contributed by atoms with Crippen molar-refractivity contribution in [3.05, 3.63) is 59.9 Å². The maximum Gasteiger partial charge on any atom is 0.125 e. The van der Waals surface area contributed by atoms with Crippen molar-refractivity contribution in [2.45, 2.75) is 6.92 Å². The minimum absolute atomic E-state index is 0.230. The largest absolute Gasteiger partial charge is 0.492 e. The van der Waals surface area contributed by atoms with Crippen LogP contribution in [0.4, 0.5) is 10.1 Å². The topological polar surface area (TPSA) is 21.3 Å². The molecule has 2 rings (SSSR count). The van der Waals surface area contributed by atoms with Crippen LogP contribution >= 0.6 is 0 Å². The monoisotopic (exact) mass is 245 g/mol. The van der Waals surface area contributed by atoms with Crippen molar-refractivity contribution < 1.29 is 9.13 Å². The van der Waals surface area contributed by atoms with Crippen molar-refractivity contribution >= 4 is 5.69 Å². The number of anilines is 1. The smallest absolute Gasteiger partial charge is 0.125 e. The van der Waals surface area contributed by atoms with E-state index >= 15 is 0 Å². The standard InChI is InChI=1S/C15H16FNO/c1-12-7-8-13(16)11-15(12)17-9-10-18-14-5-3-2-4-6-14/h2-8,11,17H,9-10H2,1H3. The highest BCUT2D eigenvalue weighted by Crippen LogP contribution is 2.15. The van der Waals surface area contributed by atoms with Crippen LogP contribution < -0.4 is 10.1 Å². The van der Waals surface area contributed by atoms with Gasteiger partial charge in [-0.15, -0.1) is 0 Å². The third-order valence-corrected chi connectivity index (χ3v) is 2.63. The van der Waals surface area contributed by atoms with Gasteiger partial charge in [0.15, 0.2) is 0 Å². The van der Waals surface area contributed by atoms with Crippen LogP contribution in [0.25, 0.3) is 0 Å². The molecule has 0 radical (unpaired) electrons. The van der Waals surface area contributed by atoms with Gasteiger partial charge < -0.3 is 10.1 Å². The van der Waals surface area contributed by atoms with Gasteiger partial charge >= 0.3 is 0 Å². The molecule has 0 atom stereocenters. The van der Waals surface area contributed by atoms with Gasteiger partial charge in [0, 0.05) is 12.2 Å². The molecule has 0 aromatic heterocycles. The molecule has 0 spiro atoms. The number of halogens is 1. The van der Waals surface area contributed by atoms with E-state index < -0.39 is 0 Å². The van der Waals surface area contributed by atoms with E-state index in [9.17, 15) is 4.39 Å². The zero-order chi connectivity index (χ0) is 12.8. The van der Waals surface area contributed by atoms with E-state index in [0.717, 1.165) is 17.0 Å². The van der Waals surface area contributed by atoms with Gasteiger partial charge in [-0.1, -0.05) is 24.3 Å². The Labute approximate surface area is 106 Å². The van der Waals surface area contributed by atoms with Crippen molar-refractivity contribution in [3.63, 3.8) is 0 Å². The molecule has 0 saturated carbocycles. The quantitative estimate of drug-likeness (QED) is 0.812. The first-order chi connectivity index (χ1) is 8.75. The highest BCUT2D eigenvalue weighted by Gasteiger charge is 1.99. The molecule has 0 heterocycles. The Morgan fingerprint density at radius 3 is 2.67 bits per heavy atom. The second kappa shape index (κ2) is 6.05. The molecule has 0 aliphatic carbocycles. The van der Waals surface area contributed by atoms with Crippen molar-refractivity contribution in [2.24, 2.45) is 0 Å². The van der Waals surface area contributed by atoms with Gasteiger partial charge in [0.25, 0.3) is 0 Å². The Morgan fingerprint density at radius 2 is 1.89 bits per heavy atom. The Morgan fingerprint density at radius 1 is 1.11 bits per heavy atom. The molecular weight excluding hydrogens is 229 g/mol. The van der Waals surface area contributed by atoms with Crippen LogP contribution in [0.5, 0.6) is 5.75 Å². The predicted molar refractivity (Wildman–Crippen MR) is 71.6 cm³/mol. The number of nitrogens with one attached hydrogen (secondary N) is 1. The molecule has 94 valence electrons. The lowest BCUT2D eigenvalue weighted by atomic mass is 10.2. The zero-order valence-corrected chi connectivity index (χ0v) is 10.3. The SMILES string of the molecule is Cc1ccc(F)cc1NCCOc1ccccc1. The predicted octanol–water partition coefficient (Wildman–Crippen LogP) is 3.63. The summed E-state index contributed by atoms with van der Waals surface area (Å²) >= 11 is 0. The summed E-state index contributed by atoms with van der Waals surface area (Å²) in [7, 11) is 0. The van der Waals surface area contributed by atoms with Crippen LogP contribution in [-0.4, -0.2) is 13.2 Å². The lowest BCUT2D eigenvalue weighted by Crippen LogP contribution is -2.12. The van der Waals surface area contributed by atoms with Crippen LogP contribution in [0.15, 0.2) is 48.5 Å². The number of hydrogen-bond donors (Lipinski definition) is 1. The molecule has 3 heteroatoms. The second-order valence-corrected chi connectivity index (χ2v) is 4.05. The normalized spacial score (nSPS) is 10.1. The molecular formula is C15H16FNO. The van der Waals surface area contributed by atoms with E-state index in [4.69, 9.17) is 4.74 Å². The molecule has 0 saturated heterocycles. The summed E-state index contributed by atoms with van der Waals surface area (Å²) in [6.45, 7) is 3.12. The molecule has 0 amide bonds. The Bertz CT molecular complexity index is 499. The van der Waals surface area contributed by atoms with Gasteiger partial charge in [0.05, 0.1) is 0 Å². The fourth-order valence-electron chi connectivity index (χ4n) is 1.66. The van der Waals surface area contributed by atoms with Crippen LogP contribution in [0.1, 0.15) is 5.56 Å². The minimum atomic E-state index is -0.230. The fraction of sp³-hybridized carbons (Fsp3) is 0.200. The zero-order valence-electron chi connectivity index (χ0n) is 10.3. The summed E-state index contributed by atoms with van der Waals surface area (Å²) in [5.74, 6) is 0.613. The molecule has 2 aromatic rings. The average Bonchev–Trinajstić information content (AvgIpc) is 2.40. The van der Waals surface area contributed by atoms with Crippen LogP contribution in [0.3, 0.4) is 0 Å². The fourth-order valence-corrected chi connectivity index (χ4v) is 1.66. The first kappa shape index (κ1) is 12.4. The third-order valence-electron chi connectivity index (χ3n) is 2.63. The van der Waals surface area contributed by atoms with Crippen molar-refractivity contribution in [1.29, 1.82) is 0 Å². The van der Waals surface area contributed by atoms with Crippen molar-refractivity contribution in [2.75, 3.05) is 18.5 Å². The molecule has 0 fully saturated rings. The van der Waals surface area contributed by atoms with Gasteiger partial charge in [-0.05, 0) is 36.8 Å². The first-order valence-electron chi connectivity index (χ1n) is 5.93. The van der Waals surface area contributed by atoms with Gasteiger partial charge in [0.2, 0.25) is 0 Å². The number of hydrogen-bond acceptors (Lipinski definition) is 2. The molecule has 0 aliphatic heterocycles. The van der Waals surface area contributed by atoms with Gasteiger partial charge in [-0.25, -0.2) is 4.39 Å². The van der Waals surface area contributed by atoms with Gasteiger partial charge in [0.1, 0.15) is 18.2 Å².